The maximum atomic E-state index is 6.07. The summed E-state index contributed by atoms with van der Waals surface area (Å²) in [5.74, 6) is 0.973. The molecule has 3 aliphatic carbocycles. The van der Waals surface area contributed by atoms with Gasteiger partial charge in [-0.25, -0.2) is 0 Å². The molecule has 3 rings (SSSR count). The molecule has 0 aromatic carbocycles. The lowest BCUT2D eigenvalue weighted by atomic mass is 9.66. The third kappa shape index (κ3) is 2.53. The number of nitrogens with one attached hydrogen (secondary N) is 1. The summed E-state index contributed by atoms with van der Waals surface area (Å²) >= 11 is 0. The molecule has 1 spiro atoms. The van der Waals surface area contributed by atoms with E-state index in [0.29, 0.717) is 5.54 Å². The Morgan fingerprint density at radius 2 is 1.59 bits per heavy atom. The van der Waals surface area contributed by atoms with Crippen LogP contribution in [0.25, 0.3) is 0 Å². The van der Waals surface area contributed by atoms with Crippen LogP contribution in [0.3, 0.4) is 0 Å². The van der Waals surface area contributed by atoms with Crippen LogP contribution in [0.5, 0.6) is 0 Å². The molecule has 0 aromatic heterocycles. The van der Waals surface area contributed by atoms with Crippen molar-refractivity contribution in [3.63, 3.8) is 0 Å². The fraction of sp³-hybridized carbons (Fsp3) is 1.00. The lowest BCUT2D eigenvalue weighted by Gasteiger charge is -2.45. The Kier molecular flexibility index (Phi) is 3.20. The van der Waals surface area contributed by atoms with Crippen molar-refractivity contribution in [2.24, 2.45) is 17.1 Å². The van der Waals surface area contributed by atoms with Gasteiger partial charge in [0.2, 0.25) is 0 Å². The first-order chi connectivity index (χ1) is 8.26. The Morgan fingerprint density at radius 1 is 0.941 bits per heavy atom. The van der Waals surface area contributed by atoms with Crippen molar-refractivity contribution in [2.75, 3.05) is 13.1 Å². The van der Waals surface area contributed by atoms with Crippen LogP contribution >= 0.6 is 0 Å². The zero-order valence-corrected chi connectivity index (χ0v) is 11.1. The van der Waals surface area contributed by atoms with Gasteiger partial charge in [0, 0.05) is 12.1 Å². The number of rotatable bonds is 4. The van der Waals surface area contributed by atoms with Crippen LogP contribution < -0.4 is 11.1 Å². The molecule has 0 amide bonds. The first kappa shape index (κ1) is 12.0. The van der Waals surface area contributed by atoms with Gasteiger partial charge in [-0.15, -0.1) is 0 Å². The van der Waals surface area contributed by atoms with E-state index in [9.17, 15) is 0 Å². The van der Waals surface area contributed by atoms with Crippen LogP contribution in [0.4, 0.5) is 0 Å². The van der Waals surface area contributed by atoms with Crippen molar-refractivity contribution in [3.05, 3.63) is 0 Å². The molecule has 3 aliphatic rings. The SMILES string of the molecule is NCC1(NCC2CC2)CCC2(CCCC2)CC1. The summed E-state index contributed by atoms with van der Waals surface area (Å²) in [5, 5.41) is 3.83. The van der Waals surface area contributed by atoms with Crippen molar-refractivity contribution in [2.45, 2.75) is 69.7 Å². The Labute approximate surface area is 106 Å². The minimum atomic E-state index is 0.302. The van der Waals surface area contributed by atoms with Crippen molar-refractivity contribution in [1.29, 1.82) is 0 Å². The van der Waals surface area contributed by atoms with Gasteiger partial charge in [0.15, 0.2) is 0 Å². The smallest absolute Gasteiger partial charge is 0.0304 e. The summed E-state index contributed by atoms with van der Waals surface area (Å²) in [6, 6.07) is 0. The molecule has 3 fully saturated rings. The Hall–Kier alpha value is -0.0800. The first-order valence-electron chi connectivity index (χ1n) is 7.71. The van der Waals surface area contributed by atoms with Gasteiger partial charge in [-0.3, -0.25) is 0 Å². The lowest BCUT2D eigenvalue weighted by molar-refractivity contribution is 0.114. The highest BCUT2D eigenvalue weighted by Gasteiger charge is 2.43. The average molecular weight is 236 g/mol. The molecule has 0 saturated heterocycles. The fourth-order valence-corrected chi connectivity index (χ4v) is 4.02. The molecule has 0 aromatic rings. The van der Waals surface area contributed by atoms with Crippen LogP contribution in [0.2, 0.25) is 0 Å². The predicted molar refractivity (Wildman–Crippen MR) is 71.9 cm³/mol. The monoisotopic (exact) mass is 236 g/mol. The quantitative estimate of drug-likeness (QED) is 0.787. The Bertz CT molecular complexity index is 254. The van der Waals surface area contributed by atoms with Gasteiger partial charge in [0.25, 0.3) is 0 Å². The standard InChI is InChI=1S/C15H28N2/c16-12-15(17-11-13-3-4-13)9-7-14(8-10-15)5-1-2-6-14/h13,17H,1-12,16H2. The van der Waals surface area contributed by atoms with E-state index in [1.165, 1.54) is 70.8 Å². The van der Waals surface area contributed by atoms with Crippen molar-refractivity contribution < 1.29 is 0 Å². The van der Waals surface area contributed by atoms with Gasteiger partial charge in [0.05, 0.1) is 0 Å². The molecule has 2 heteroatoms. The summed E-state index contributed by atoms with van der Waals surface area (Å²) in [4.78, 5) is 0. The summed E-state index contributed by atoms with van der Waals surface area (Å²) in [6.45, 7) is 2.07. The molecule has 3 saturated carbocycles. The van der Waals surface area contributed by atoms with Crippen LogP contribution in [0, 0.1) is 11.3 Å². The van der Waals surface area contributed by atoms with E-state index in [1.807, 2.05) is 0 Å². The molecular formula is C15H28N2. The largest absolute Gasteiger partial charge is 0.329 e. The minimum absolute atomic E-state index is 0.302. The molecule has 98 valence electrons. The van der Waals surface area contributed by atoms with Gasteiger partial charge in [-0.05, 0) is 69.2 Å². The molecule has 0 aliphatic heterocycles. The molecule has 17 heavy (non-hydrogen) atoms. The Balaban J connectivity index is 1.55. The van der Waals surface area contributed by atoms with Gasteiger partial charge in [-0.1, -0.05) is 12.8 Å². The first-order valence-corrected chi connectivity index (χ1v) is 7.71. The third-order valence-corrected chi connectivity index (χ3v) is 5.79. The summed E-state index contributed by atoms with van der Waals surface area (Å²) < 4.78 is 0. The summed E-state index contributed by atoms with van der Waals surface area (Å²) in [7, 11) is 0. The number of nitrogens with two attached hydrogens (primary N) is 1. The molecule has 3 N–H and O–H groups in total. The Morgan fingerprint density at radius 3 is 2.12 bits per heavy atom. The fourth-order valence-electron chi connectivity index (χ4n) is 4.02. The highest BCUT2D eigenvalue weighted by molar-refractivity contribution is 5.00. The van der Waals surface area contributed by atoms with E-state index in [4.69, 9.17) is 5.73 Å². The molecule has 0 bridgehead atoms. The molecule has 2 nitrogen and oxygen atoms in total. The molecule has 0 radical (unpaired) electrons. The normalized spacial score (nSPS) is 30.9. The molecule has 0 heterocycles. The van der Waals surface area contributed by atoms with Crippen LogP contribution in [-0.4, -0.2) is 18.6 Å². The summed E-state index contributed by atoms with van der Waals surface area (Å²) in [6.07, 6.45) is 14.4. The summed E-state index contributed by atoms with van der Waals surface area (Å²) in [5.41, 5.74) is 7.11. The van der Waals surface area contributed by atoms with Gasteiger partial charge < -0.3 is 11.1 Å². The maximum Gasteiger partial charge on any atom is 0.0304 e. The average Bonchev–Trinajstić information content (AvgIpc) is 3.10. The van der Waals surface area contributed by atoms with E-state index in [2.05, 4.69) is 5.32 Å². The maximum absolute atomic E-state index is 6.07. The minimum Gasteiger partial charge on any atom is -0.329 e. The number of hydrogen-bond acceptors (Lipinski definition) is 2. The van der Waals surface area contributed by atoms with E-state index < -0.39 is 0 Å². The van der Waals surface area contributed by atoms with Crippen LogP contribution in [0.15, 0.2) is 0 Å². The van der Waals surface area contributed by atoms with E-state index in [1.54, 1.807) is 0 Å². The highest BCUT2D eigenvalue weighted by atomic mass is 15.0. The molecular weight excluding hydrogens is 208 g/mol. The van der Waals surface area contributed by atoms with Gasteiger partial charge in [0.1, 0.15) is 0 Å². The van der Waals surface area contributed by atoms with E-state index in [-0.39, 0.29) is 0 Å². The zero-order chi connectivity index (χ0) is 11.8. The van der Waals surface area contributed by atoms with E-state index in [0.717, 1.165) is 17.9 Å². The van der Waals surface area contributed by atoms with Gasteiger partial charge >= 0.3 is 0 Å². The third-order valence-electron chi connectivity index (χ3n) is 5.79. The second-order valence-corrected chi connectivity index (χ2v) is 7.02. The second-order valence-electron chi connectivity index (χ2n) is 7.02. The van der Waals surface area contributed by atoms with Crippen molar-refractivity contribution in [3.8, 4) is 0 Å². The van der Waals surface area contributed by atoms with Crippen molar-refractivity contribution >= 4 is 0 Å². The molecule has 0 atom stereocenters. The lowest BCUT2D eigenvalue weighted by Crippen LogP contribution is -2.55. The van der Waals surface area contributed by atoms with E-state index >= 15 is 0 Å². The predicted octanol–water partition coefficient (Wildman–Crippen LogP) is 2.82. The number of hydrogen-bond donors (Lipinski definition) is 2. The van der Waals surface area contributed by atoms with Crippen LogP contribution in [0.1, 0.15) is 64.2 Å². The zero-order valence-electron chi connectivity index (χ0n) is 11.1. The second kappa shape index (κ2) is 4.55. The van der Waals surface area contributed by atoms with Crippen molar-refractivity contribution in [1.82, 2.24) is 5.32 Å². The molecule has 0 unspecified atom stereocenters. The highest BCUT2D eigenvalue weighted by Crippen LogP contribution is 2.51. The topological polar surface area (TPSA) is 38.0 Å². The van der Waals surface area contributed by atoms with Gasteiger partial charge in [-0.2, -0.15) is 0 Å². The van der Waals surface area contributed by atoms with Crippen LogP contribution in [-0.2, 0) is 0 Å².